The van der Waals surface area contributed by atoms with Gasteiger partial charge in [-0.2, -0.15) is 0 Å². The highest BCUT2D eigenvalue weighted by Crippen LogP contribution is 2.27. The van der Waals surface area contributed by atoms with Crippen LogP contribution in [0.1, 0.15) is 46.9 Å². The highest BCUT2D eigenvalue weighted by Gasteiger charge is 2.43. The quantitative estimate of drug-likeness (QED) is 0.465. The topological polar surface area (TPSA) is 92.8 Å². The average Bonchev–Trinajstić information content (AvgIpc) is 2.99. The number of hydrogen-bond donors (Lipinski definition) is 1. The summed E-state index contributed by atoms with van der Waals surface area (Å²) in [4.78, 5) is 51.3. The Bertz CT molecular complexity index is 939. The first-order valence-electron chi connectivity index (χ1n) is 9.61. The SMILES string of the molecule is CCCC[C@@H](C(=O)OCC(=O)Nc1ccc(Br)cc1)N1C(=O)c2ccccc2C1=O. The number of benzene rings is 2. The zero-order chi connectivity index (χ0) is 21.7. The maximum absolute atomic E-state index is 12.7. The van der Waals surface area contributed by atoms with Crippen molar-refractivity contribution in [1.82, 2.24) is 4.90 Å². The van der Waals surface area contributed by atoms with Crippen molar-refractivity contribution in [3.63, 3.8) is 0 Å². The summed E-state index contributed by atoms with van der Waals surface area (Å²) in [5, 5.41) is 2.62. The summed E-state index contributed by atoms with van der Waals surface area (Å²) in [6.45, 7) is 1.43. The lowest BCUT2D eigenvalue weighted by Gasteiger charge is -2.24. The van der Waals surface area contributed by atoms with Gasteiger partial charge in [-0.3, -0.25) is 19.3 Å². The molecule has 0 spiro atoms. The molecule has 1 heterocycles. The van der Waals surface area contributed by atoms with E-state index < -0.39 is 36.3 Å². The van der Waals surface area contributed by atoms with Gasteiger partial charge in [-0.05, 0) is 42.8 Å². The largest absolute Gasteiger partial charge is 0.454 e. The summed E-state index contributed by atoms with van der Waals surface area (Å²) in [7, 11) is 0. The van der Waals surface area contributed by atoms with Crippen molar-refractivity contribution in [3.05, 3.63) is 64.1 Å². The molecule has 8 heteroatoms. The molecule has 7 nitrogen and oxygen atoms in total. The van der Waals surface area contributed by atoms with E-state index in [0.29, 0.717) is 12.1 Å². The van der Waals surface area contributed by atoms with Crippen molar-refractivity contribution in [1.29, 1.82) is 0 Å². The fourth-order valence-corrected chi connectivity index (χ4v) is 3.47. The number of hydrogen-bond acceptors (Lipinski definition) is 5. The predicted molar refractivity (Wildman–Crippen MR) is 114 cm³/mol. The number of amides is 3. The molecule has 0 saturated carbocycles. The lowest BCUT2D eigenvalue weighted by molar-refractivity contribution is -0.151. The van der Waals surface area contributed by atoms with Crippen molar-refractivity contribution in [2.75, 3.05) is 11.9 Å². The van der Waals surface area contributed by atoms with E-state index >= 15 is 0 Å². The van der Waals surface area contributed by atoms with Gasteiger partial charge >= 0.3 is 5.97 Å². The molecule has 156 valence electrons. The van der Waals surface area contributed by atoms with Crippen molar-refractivity contribution in [3.8, 4) is 0 Å². The Morgan fingerprint density at radius 2 is 1.63 bits per heavy atom. The van der Waals surface area contributed by atoms with Crippen LogP contribution in [0, 0.1) is 0 Å². The number of halogens is 1. The summed E-state index contributed by atoms with van der Waals surface area (Å²) in [6, 6.07) is 12.3. The summed E-state index contributed by atoms with van der Waals surface area (Å²) in [6.07, 6.45) is 1.67. The molecule has 30 heavy (non-hydrogen) atoms. The van der Waals surface area contributed by atoms with Crippen molar-refractivity contribution in [2.24, 2.45) is 0 Å². The summed E-state index contributed by atoms with van der Waals surface area (Å²) in [5.74, 6) is -2.33. The molecule has 0 fully saturated rings. The maximum atomic E-state index is 12.7. The van der Waals surface area contributed by atoms with Crippen LogP contribution in [0.3, 0.4) is 0 Å². The lowest BCUT2D eigenvalue weighted by Crippen LogP contribution is -2.46. The zero-order valence-electron chi connectivity index (χ0n) is 16.4. The van der Waals surface area contributed by atoms with Crippen molar-refractivity contribution in [2.45, 2.75) is 32.2 Å². The van der Waals surface area contributed by atoms with E-state index in [2.05, 4.69) is 21.2 Å². The van der Waals surface area contributed by atoms with Gasteiger partial charge in [0.2, 0.25) is 0 Å². The van der Waals surface area contributed by atoms with Gasteiger partial charge in [-0.15, -0.1) is 0 Å². The molecule has 0 unspecified atom stereocenters. The molecule has 0 bridgehead atoms. The average molecular weight is 473 g/mol. The van der Waals surface area contributed by atoms with Crippen LogP contribution in [0.5, 0.6) is 0 Å². The second-order valence-corrected chi connectivity index (χ2v) is 7.76. The molecule has 1 aliphatic rings. The monoisotopic (exact) mass is 472 g/mol. The number of carbonyl (C=O) groups is 4. The highest BCUT2D eigenvalue weighted by molar-refractivity contribution is 9.10. The molecule has 1 atom stereocenters. The third-order valence-electron chi connectivity index (χ3n) is 4.71. The fraction of sp³-hybridized carbons (Fsp3) is 0.273. The van der Waals surface area contributed by atoms with Crippen LogP contribution in [0.25, 0.3) is 0 Å². The number of rotatable bonds is 8. The molecule has 2 aromatic rings. The molecule has 3 amide bonds. The van der Waals surface area contributed by atoms with E-state index in [1.807, 2.05) is 6.92 Å². The van der Waals surface area contributed by atoms with Gasteiger partial charge in [0, 0.05) is 10.2 Å². The second-order valence-electron chi connectivity index (χ2n) is 6.85. The lowest BCUT2D eigenvalue weighted by atomic mass is 10.1. The van der Waals surface area contributed by atoms with Crippen molar-refractivity contribution >= 4 is 45.3 Å². The fourth-order valence-electron chi connectivity index (χ4n) is 3.20. The first-order valence-corrected chi connectivity index (χ1v) is 10.4. The number of fused-ring (bicyclic) bond motifs is 1. The molecule has 0 radical (unpaired) electrons. The van der Waals surface area contributed by atoms with Crippen LogP contribution < -0.4 is 5.32 Å². The molecular weight excluding hydrogens is 452 g/mol. The molecule has 0 aliphatic carbocycles. The number of ether oxygens (including phenoxy) is 1. The first-order chi connectivity index (χ1) is 14.4. The minimum absolute atomic E-state index is 0.268. The normalized spacial score (nSPS) is 13.7. The Labute approximate surface area is 182 Å². The van der Waals surface area contributed by atoms with Gasteiger partial charge in [0.1, 0.15) is 6.04 Å². The van der Waals surface area contributed by atoms with Crippen LogP contribution in [0.2, 0.25) is 0 Å². The first kappa shape index (κ1) is 21.7. The Morgan fingerprint density at radius 3 is 2.20 bits per heavy atom. The van der Waals surface area contributed by atoms with Crippen LogP contribution in [-0.2, 0) is 14.3 Å². The van der Waals surface area contributed by atoms with Gasteiger partial charge in [0.15, 0.2) is 6.61 Å². The second kappa shape index (κ2) is 9.67. The van der Waals surface area contributed by atoms with Gasteiger partial charge in [0.25, 0.3) is 17.7 Å². The highest BCUT2D eigenvalue weighted by atomic mass is 79.9. The van der Waals surface area contributed by atoms with Gasteiger partial charge in [-0.25, -0.2) is 4.79 Å². The number of imide groups is 1. The number of anilines is 1. The number of nitrogens with one attached hydrogen (secondary N) is 1. The zero-order valence-corrected chi connectivity index (χ0v) is 18.0. The van der Waals surface area contributed by atoms with Crippen molar-refractivity contribution < 1.29 is 23.9 Å². The minimum atomic E-state index is -1.07. The van der Waals surface area contributed by atoms with Crippen LogP contribution in [0.4, 0.5) is 5.69 Å². The van der Waals surface area contributed by atoms with E-state index in [-0.39, 0.29) is 17.5 Å². The van der Waals surface area contributed by atoms with E-state index in [9.17, 15) is 19.2 Å². The number of esters is 1. The van der Waals surface area contributed by atoms with E-state index in [1.54, 1.807) is 48.5 Å². The Morgan fingerprint density at radius 1 is 1.03 bits per heavy atom. The van der Waals surface area contributed by atoms with Crippen LogP contribution in [0.15, 0.2) is 53.0 Å². The molecule has 3 rings (SSSR count). The maximum Gasteiger partial charge on any atom is 0.329 e. The number of carbonyl (C=O) groups excluding carboxylic acids is 4. The summed E-state index contributed by atoms with van der Waals surface area (Å²) in [5.41, 5.74) is 1.09. The molecule has 0 saturated heterocycles. The van der Waals surface area contributed by atoms with Crippen LogP contribution in [-0.4, -0.2) is 41.2 Å². The Balaban J connectivity index is 1.67. The minimum Gasteiger partial charge on any atom is -0.454 e. The molecule has 0 aromatic heterocycles. The van der Waals surface area contributed by atoms with Gasteiger partial charge in [-0.1, -0.05) is 47.8 Å². The van der Waals surface area contributed by atoms with Crippen LogP contribution >= 0.6 is 15.9 Å². The standard InChI is InChI=1S/C22H21BrN2O5/c1-2-3-8-18(25-20(27)16-6-4-5-7-17(16)21(25)28)22(29)30-13-19(26)24-15-11-9-14(23)10-12-15/h4-7,9-12,18H,2-3,8,13H2,1H3,(H,24,26)/t18-/m0/s1. The molecule has 1 N–H and O–H groups in total. The Kier molecular flexibility index (Phi) is 6.99. The third kappa shape index (κ3) is 4.76. The smallest absolute Gasteiger partial charge is 0.329 e. The van der Waals surface area contributed by atoms with Gasteiger partial charge < -0.3 is 10.1 Å². The predicted octanol–water partition coefficient (Wildman–Crippen LogP) is 3.79. The Hall–Kier alpha value is -3.00. The van der Waals surface area contributed by atoms with Gasteiger partial charge in [0.05, 0.1) is 11.1 Å². The van der Waals surface area contributed by atoms with E-state index in [1.165, 1.54) is 0 Å². The van der Waals surface area contributed by atoms with E-state index in [0.717, 1.165) is 15.8 Å². The molecule has 1 aliphatic heterocycles. The number of unbranched alkanes of at least 4 members (excludes halogenated alkanes) is 1. The van der Waals surface area contributed by atoms with E-state index in [4.69, 9.17) is 4.74 Å². The summed E-state index contributed by atoms with van der Waals surface area (Å²) < 4.78 is 6.03. The molecule has 2 aromatic carbocycles. The summed E-state index contributed by atoms with van der Waals surface area (Å²) >= 11 is 3.31. The molecular formula is C22H21BrN2O5. The third-order valence-corrected chi connectivity index (χ3v) is 5.24. The number of nitrogens with zero attached hydrogens (tertiary/aromatic N) is 1.